The van der Waals surface area contributed by atoms with E-state index in [1.165, 1.54) is 0 Å². The lowest BCUT2D eigenvalue weighted by molar-refractivity contribution is -0.123. The molecule has 2 rings (SSSR count). The van der Waals surface area contributed by atoms with Crippen molar-refractivity contribution < 1.29 is 23.7 Å². The molecule has 2 aromatic rings. The maximum atomic E-state index is 12.0. The predicted octanol–water partition coefficient (Wildman–Crippen LogP) is 3.01. The van der Waals surface area contributed by atoms with Gasteiger partial charge in [-0.3, -0.25) is 4.79 Å². The lowest BCUT2D eigenvalue weighted by atomic mass is 10.1. The highest BCUT2D eigenvalue weighted by Gasteiger charge is 2.13. The second-order valence-electron chi connectivity index (χ2n) is 5.04. The summed E-state index contributed by atoms with van der Waals surface area (Å²) in [4.78, 5) is 12.0. The summed E-state index contributed by atoms with van der Waals surface area (Å²) in [5, 5.41) is 2.81. The van der Waals surface area contributed by atoms with Crippen molar-refractivity contribution in [3.05, 3.63) is 45.5 Å². The smallest absolute Gasteiger partial charge is 0.258 e. The molecule has 7 heteroatoms. The van der Waals surface area contributed by atoms with Crippen molar-refractivity contribution in [3.8, 4) is 23.0 Å². The summed E-state index contributed by atoms with van der Waals surface area (Å²) in [5.74, 6) is 2.18. The van der Waals surface area contributed by atoms with Gasteiger partial charge in [-0.1, -0.05) is 6.07 Å². The molecule has 0 saturated carbocycles. The second kappa shape index (κ2) is 9.36. The van der Waals surface area contributed by atoms with E-state index >= 15 is 0 Å². The third kappa shape index (κ3) is 5.42. The fourth-order valence-corrected chi connectivity index (χ4v) is 2.70. The molecule has 1 N–H and O–H groups in total. The number of benzene rings is 2. The third-order valence-electron chi connectivity index (χ3n) is 3.43. The number of nitrogens with one attached hydrogen (secondary N) is 1. The fraction of sp³-hybridized carbons (Fsp3) is 0.278. The van der Waals surface area contributed by atoms with Gasteiger partial charge >= 0.3 is 0 Å². The van der Waals surface area contributed by atoms with Crippen LogP contribution < -0.4 is 24.3 Å². The second-order valence-corrected chi connectivity index (χ2v) is 6.29. The lowest BCUT2D eigenvalue weighted by Crippen LogP contribution is -2.28. The largest absolute Gasteiger partial charge is 0.496 e. The topological polar surface area (TPSA) is 66.0 Å². The van der Waals surface area contributed by atoms with Gasteiger partial charge in [0, 0.05) is 21.7 Å². The monoisotopic (exact) mass is 457 g/mol. The molecule has 0 heterocycles. The van der Waals surface area contributed by atoms with Crippen molar-refractivity contribution in [1.29, 1.82) is 0 Å². The van der Waals surface area contributed by atoms with Gasteiger partial charge in [0.15, 0.2) is 18.1 Å². The zero-order valence-corrected chi connectivity index (χ0v) is 16.5. The summed E-state index contributed by atoms with van der Waals surface area (Å²) in [7, 11) is 4.68. The van der Waals surface area contributed by atoms with Crippen molar-refractivity contribution >= 4 is 28.5 Å². The van der Waals surface area contributed by atoms with Gasteiger partial charge in [-0.2, -0.15) is 0 Å². The molecule has 0 aromatic heterocycles. The zero-order chi connectivity index (χ0) is 18.2. The summed E-state index contributed by atoms with van der Waals surface area (Å²) in [6.45, 7) is 0.230. The van der Waals surface area contributed by atoms with E-state index in [9.17, 15) is 4.79 Å². The average Bonchev–Trinajstić information content (AvgIpc) is 2.63. The minimum atomic E-state index is -0.226. The highest BCUT2D eigenvalue weighted by Crippen LogP contribution is 2.34. The Balaban J connectivity index is 1.96. The molecule has 0 spiro atoms. The summed E-state index contributed by atoms with van der Waals surface area (Å²) >= 11 is 2.19. The molecule has 134 valence electrons. The highest BCUT2D eigenvalue weighted by molar-refractivity contribution is 14.1. The van der Waals surface area contributed by atoms with Crippen molar-refractivity contribution in [2.45, 2.75) is 6.54 Å². The van der Waals surface area contributed by atoms with E-state index in [-0.39, 0.29) is 19.1 Å². The molecule has 0 atom stereocenters. The van der Waals surface area contributed by atoms with Gasteiger partial charge in [-0.05, 0) is 46.9 Å². The molecular formula is C18H20INO5. The first kappa shape index (κ1) is 19.2. The zero-order valence-electron chi connectivity index (χ0n) is 14.3. The molecule has 6 nitrogen and oxygen atoms in total. The van der Waals surface area contributed by atoms with Crippen molar-refractivity contribution in [2.24, 2.45) is 0 Å². The summed E-state index contributed by atoms with van der Waals surface area (Å²) in [6.07, 6.45) is 0. The van der Waals surface area contributed by atoms with Crippen LogP contribution in [-0.2, 0) is 11.3 Å². The Kier molecular flexibility index (Phi) is 7.17. The molecule has 0 aliphatic heterocycles. The van der Waals surface area contributed by atoms with Crippen LogP contribution in [0.3, 0.4) is 0 Å². The Hall–Kier alpha value is -2.16. The maximum absolute atomic E-state index is 12.0. The number of hydrogen-bond donors (Lipinski definition) is 1. The lowest BCUT2D eigenvalue weighted by Gasteiger charge is -2.14. The van der Waals surface area contributed by atoms with Crippen LogP contribution in [0.4, 0.5) is 0 Å². The Morgan fingerprint density at radius 1 is 1.00 bits per heavy atom. The predicted molar refractivity (Wildman–Crippen MR) is 103 cm³/mol. The maximum Gasteiger partial charge on any atom is 0.258 e. The van der Waals surface area contributed by atoms with E-state index in [1.54, 1.807) is 33.5 Å². The van der Waals surface area contributed by atoms with Gasteiger partial charge < -0.3 is 24.3 Å². The van der Waals surface area contributed by atoms with Crippen LogP contribution >= 0.6 is 22.6 Å². The molecule has 0 saturated heterocycles. The first-order valence-electron chi connectivity index (χ1n) is 7.51. The van der Waals surface area contributed by atoms with Crippen molar-refractivity contribution in [1.82, 2.24) is 5.32 Å². The van der Waals surface area contributed by atoms with Crippen LogP contribution in [0.1, 0.15) is 5.56 Å². The number of rotatable bonds is 8. The molecule has 0 radical (unpaired) electrons. The molecule has 25 heavy (non-hydrogen) atoms. The number of carbonyl (C=O) groups is 1. The van der Waals surface area contributed by atoms with E-state index in [4.69, 9.17) is 18.9 Å². The highest BCUT2D eigenvalue weighted by atomic mass is 127. The summed E-state index contributed by atoms with van der Waals surface area (Å²) in [5.41, 5.74) is 0.780. The normalized spacial score (nSPS) is 10.1. The van der Waals surface area contributed by atoms with E-state index in [2.05, 4.69) is 27.9 Å². The van der Waals surface area contributed by atoms with Crippen molar-refractivity contribution in [3.63, 3.8) is 0 Å². The van der Waals surface area contributed by atoms with Crippen LogP contribution in [0.5, 0.6) is 23.0 Å². The van der Waals surface area contributed by atoms with Crippen LogP contribution in [-0.4, -0.2) is 33.8 Å². The van der Waals surface area contributed by atoms with Gasteiger partial charge in [0.2, 0.25) is 0 Å². The fourth-order valence-electron chi connectivity index (χ4n) is 2.18. The molecule has 0 bridgehead atoms. The van der Waals surface area contributed by atoms with Gasteiger partial charge in [0.25, 0.3) is 5.91 Å². The third-order valence-corrected chi connectivity index (χ3v) is 4.10. The molecule has 1 amide bonds. The minimum Gasteiger partial charge on any atom is -0.496 e. The summed E-state index contributed by atoms with van der Waals surface area (Å²) in [6, 6.07) is 11.0. The Labute approximate surface area is 160 Å². The number of halogens is 1. The molecule has 2 aromatic carbocycles. The van der Waals surface area contributed by atoms with Gasteiger partial charge in [0.1, 0.15) is 11.5 Å². The SMILES string of the molecule is COc1cc(OC)c(OC)cc1CNC(=O)COc1cccc(I)c1. The number of methoxy groups -OCH3 is 3. The first-order valence-corrected chi connectivity index (χ1v) is 8.59. The number of amides is 1. The Morgan fingerprint density at radius 3 is 2.32 bits per heavy atom. The molecule has 0 aliphatic rings. The quantitative estimate of drug-likeness (QED) is 0.618. The molecular weight excluding hydrogens is 437 g/mol. The van der Waals surface area contributed by atoms with Crippen LogP contribution in [0, 0.1) is 3.57 Å². The minimum absolute atomic E-state index is 0.0598. The van der Waals surface area contributed by atoms with E-state index < -0.39 is 0 Å². The van der Waals surface area contributed by atoms with Crippen LogP contribution in [0.2, 0.25) is 0 Å². The van der Waals surface area contributed by atoms with Gasteiger partial charge in [0.05, 0.1) is 21.3 Å². The number of carbonyl (C=O) groups excluding carboxylic acids is 1. The van der Waals surface area contributed by atoms with E-state index in [0.717, 1.165) is 9.13 Å². The molecule has 0 aliphatic carbocycles. The van der Waals surface area contributed by atoms with E-state index in [0.29, 0.717) is 23.0 Å². The number of ether oxygens (including phenoxy) is 4. The summed E-state index contributed by atoms with van der Waals surface area (Å²) < 4.78 is 22.4. The van der Waals surface area contributed by atoms with Crippen LogP contribution in [0.25, 0.3) is 0 Å². The Bertz CT molecular complexity index is 735. The average molecular weight is 457 g/mol. The molecule has 0 unspecified atom stereocenters. The Morgan fingerprint density at radius 2 is 1.68 bits per heavy atom. The van der Waals surface area contributed by atoms with Gasteiger partial charge in [-0.15, -0.1) is 0 Å². The first-order chi connectivity index (χ1) is 12.1. The standard InChI is InChI=1S/C18H20INO5/c1-22-15-9-17(24-3)16(23-2)7-12(15)10-20-18(21)11-25-14-6-4-5-13(19)8-14/h4-9H,10-11H2,1-3H3,(H,20,21). The molecule has 0 fully saturated rings. The number of hydrogen-bond acceptors (Lipinski definition) is 5. The van der Waals surface area contributed by atoms with Gasteiger partial charge in [-0.25, -0.2) is 0 Å². The van der Waals surface area contributed by atoms with Crippen molar-refractivity contribution in [2.75, 3.05) is 27.9 Å². The van der Waals surface area contributed by atoms with Crippen LogP contribution in [0.15, 0.2) is 36.4 Å². The van der Waals surface area contributed by atoms with E-state index in [1.807, 2.05) is 24.3 Å².